The van der Waals surface area contributed by atoms with Crippen molar-refractivity contribution in [1.29, 1.82) is 0 Å². The molecule has 2 heterocycles. The Morgan fingerprint density at radius 3 is 2.63 bits per heavy atom. The molecule has 5 nitrogen and oxygen atoms in total. The normalized spacial score (nSPS) is 23.0. The number of rotatable bonds is 6. The van der Waals surface area contributed by atoms with Crippen molar-refractivity contribution < 1.29 is 18.7 Å². The van der Waals surface area contributed by atoms with Crippen LogP contribution < -0.4 is 10.1 Å². The number of methoxy groups -OCH3 is 1. The summed E-state index contributed by atoms with van der Waals surface area (Å²) in [6.07, 6.45) is 7.29. The summed E-state index contributed by atoms with van der Waals surface area (Å²) in [6.45, 7) is 1.68. The van der Waals surface area contributed by atoms with Gasteiger partial charge in [0, 0.05) is 31.5 Å². The fourth-order valence-corrected chi connectivity index (χ4v) is 4.21. The predicted octanol–water partition coefficient (Wildman–Crippen LogP) is 3.21. The Labute approximate surface area is 160 Å². The molecule has 3 rings (SSSR count). The van der Waals surface area contributed by atoms with Crippen LogP contribution in [0, 0.1) is 5.82 Å². The van der Waals surface area contributed by atoms with Gasteiger partial charge in [-0.25, -0.2) is 4.39 Å². The van der Waals surface area contributed by atoms with E-state index in [1.54, 1.807) is 12.1 Å². The molecular weight excluding hydrogens is 347 g/mol. The number of hydrogen-bond acceptors (Lipinski definition) is 3. The Hall–Kier alpha value is -2.11. The van der Waals surface area contributed by atoms with Gasteiger partial charge < -0.3 is 15.0 Å². The summed E-state index contributed by atoms with van der Waals surface area (Å²) in [5, 5.41) is 3.09. The van der Waals surface area contributed by atoms with Gasteiger partial charge >= 0.3 is 0 Å². The second-order valence-electron chi connectivity index (χ2n) is 7.77. The van der Waals surface area contributed by atoms with Crippen LogP contribution in [0.1, 0.15) is 56.9 Å². The van der Waals surface area contributed by atoms with E-state index in [0.717, 1.165) is 31.5 Å². The van der Waals surface area contributed by atoms with E-state index in [1.807, 2.05) is 4.90 Å². The first kappa shape index (κ1) is 19.6. The lowest BCUT2D eigenvalue weighted by atomic mass is 9.84. The molecule has 0 radical (unpaired) electrons. The number of carbonyl (C=O) groups excluding carboxylic acids is 2. The fraction of sp³-hybridized carbons (Fsp3) is 0.619. The summed E-state index contributed by atoms with van der Waals surface area (Å²) in [6, 6.07) is 4.79. The Bertz CT molecular complexity index is 686. The molecule has 2 aliphatic heterocycles. The molecule has 0 spiro atoms. The number of benzene rings is 1. The minimum Gasteiger partial charge on any atom is -0.494 e. The van der Waals surface area contributed by atoms with Crippen LogP contribution in [-0.2, 0) is 16.0 Å². The van der Waals surface area contributed by atoms with E-state index in [-0.39, 0.29) is 17.6 Å². The molecular formula is C21H29FN2O3. The summed E-state index contributed by atoms with van der Waals surface area (Å²) in [4.78, 5) is 26.6. The first-order valence-corrected chi connectivity index (χ1v) is 9.93. The number of nitrogens with one attached hydrogen (secondary N) is 1. The van der Waals surface area contributed by atoms with Crippen molar-refractivity contribution in [2.45, 2.75) is 63.3 Å². The molecule has 6 heteroatoms. The number of likely N-dealkylation sites (tertiary alicyclic amines) is 1. The zero-order valence-corrected chi connectivity index (χ0v) is 16.1. The molecule has 1 atom stereocenters. The highest BCUT2D eigenvalue weighted by Gasteiger charge is 2.38. The van der Waals surface area contributed by atoms with Crippen LogP contribution in [0.2, 0.25) is 0 Å². The van der Waals surface area contributed by atoms with Gasteiger partial charge in [-0.3, -0.25) is 9.59 Å². The number of nitrogens with zero attached hydrogens (tertiary/aromatic N) is 1. The molecule has 2 saturated heterocycles. The number of carbonyl (C=O) groups is 2. The molecule has 0 aromatic heterocycles. The molecule has 0 aliphatic carbocycles. The predicted molar refractivity (Wildman–Crippen MR) is 101 cm³/mol. The van der Waals surface area contributed by atoms with Crippen molar-refractivity contribution in [3.63, 3.8) is 0 Å². The Balaban J connectivity index is 1.67. The monoisotopic (exact) mass is 376 g/mol. The maximum absolute atomic E-state index is 13.7. The maximum atomic E-state index is 13.7. The number of ether oxygens (including phenoxy) is 1. The molecule has 27 heavy (non-hydrogen) atoms. The van der Waals surface area contributed by atoms with Gasteiger partial charge in [-0.1, -0.05) is 18.9 Å². The molecule has 1 aromatic rings. The SMILES string of the molecule is COc1cc(CC2(CCC(=O)N3CCCCCC3)CCC(=O)N2)ccc1F. The number of halogens is 1. The van der Waals surface area contributed by atoms with Gasteiger partial charge in [0.05, 0.1) is 7.11 Å². The van der Waals surface area contributed by atoms with Crippen LogP contribution in [0.4, 0.5) is 4.39 Å². The summed E-state index contributed by atoms with van der Waals surface area (Å²) >= 11 is 0. The Morgan fingerprint density at radius 2 is 2.00 bits per heavy atom. The van der Waals surface area contributed by atoms with Crippen molar-refractivity contribution in [2.24, 2.45) is 0 Å². The Morgan fingerprint density at radius 1 is 1.26 bits per heavy atom. The van der Waals surface area contributed by atoms with Crippen molar-refractivity contribution in [3.8, 4) is 5.75 Å². The van der Waals surface area contributed by atoms with Crippen molar-refractivity contribution >= 4 is 11.8 Å². The number of amides is 2. The van der Waals surface area contributed by atoms with Gasteiger partial charge in [0.25, 0.3) is 0 Å². The standard InChI is InChI=1S/C21H29FN2O3/c1-27-18-14-16(6-7-17(18)22)15-21(10-8-19(25)23-21)11-9-20(26)24-12-4-2-3-5-13-24/h6-7,14H,2-5,8-13,15H2,1H3,(H,23,25). The van der Waals surface area contributed by atoms with Crippen LogP contribution >= 0.6 is 0 Å². The minimum atomic E-state index is -0.443. The first-order chi connectivity index (χ1) is 13.0. The van der Waals surface area contributed by atoms with Gasteiger partial charge in [-0.05, 0) is 49.8 Å². The molecule has 1 aromatic carbocycles. The lowest BCUT2D eigenvalue weighted by Crippen LogP contribution is -2.45. The van der Waals surface area contributed by atoms with Gasteiger partial charge in [0.15, 0.2) is 11.6 Å². The lowest BCUT2D eigenvalue weighted by Gasteiger charge is -2.30. The average molecular weight is 376 g/mol. The van der Waals surface area contributed by atoms with Gasteiger partial charge in [0.1, 0.15) is 0 Å². The fourth-order valence-electron chi connectivity index (χ4n) is 4.21. The second-order valence-corrected chi connectivity index (χ2v) is 7.77. The smallest absolute Gasteiger partial charge is 0.222 e. The maximum Gasteiger partial charge on any atom is 0.222 e. The lowest BCUT2D eigenvalue weighted by molar-refractivity contribution is -0.131. The van der Waals surface area contributed by atoms with Gasteiger partial charge in [0.2, 0.25) is 11.8 Å². The summed E-state index contributed by atoms with van der Waals surface area (Å²) in [5.74, 6) is -0.00451. The van der Waals surface area contributed by atoms with E-state index in [2.05, 4.69) is 5.32 Å². The van der Waals surface area contributed by atoms with E-state index in [9.17, 15) is 14.0 Å². The highest BCUT2D eigenvalue weighted by molar-refractivity contribution is 5.80. The molecule has 2 amide bonds. The van der Waals surface area contributed by atoms with Gasteiger partial charge in [-0.2, -0.15) is 0 Å². The molecule has 2 aliphatic rings. The van der Waals surface area contributed by atoms with Crippen molar-refractivity contribution in [2.75, 3.05) is 20.2 Å². The van der Waals surface area contributed by atoms with Crippen LogP contribution in [0.25, 0.3) is 0 Å². The van der Waals surface area contributed by atoms with E-state index >= 15 is 0 Å². The van der Waals surface area contributed by atoms with Crippen LogP contribution in [-0.4, -0.2) is 42.5 Å². The quantitative estimate of drug-likeness (QED) is 0.829. The zero-order chi connectivity index (χ0) is 19.3. The van der Waals surface area contributed by atoms with Crippen LogP contribution in [0.5, 0.6) is 5.75 Å². The third-order valence-corrected chi connectivity index (χ3v) is 5.77. The highest BCUT2D eigenvalue weighted by atomic mass is 19.1. The van der Waals surface area contributed by atoms with Gasteiger partial charge in [-0.15, -0.1) is 0 Å². The topological polar surface area (TPSA) is 58.6 Å². The van der Waals surface area contributed by atoms with Crippen LogP contribution in [0.3, 0.4) is 0 Å². The van der Waals surface area contributed by atoms with Crippen molar-refractivity contribution in [3.05, 3.63) is 29.6 Å². The largest absolute Gasteiger partial charge is 0.494 e. The molecule has 148 valence electrons. The molecule has 1 unspecified atom stereocenters. The minimum absolute atomic E-state index is 0.0197. The summed E-state index contributed by atoms with van der Waals surface area (Å²) in [7, 11) is 1.44. The van der Waals surface area contributed by atoms with Crippen LogP contribution in [0.15, 0.2) is 18.2 Å². The van der Waals surface area contributed by atoms with E-state index in [1.165, 1.54) is 26.0 Å². The molecule has 2 fully saturated rings. The number of hydrogen-bond donors (Lipinski definition) is 1. The van der Waals surface area contributed by atoms with Crippen molar-refractivity contribution in [1.82, 2.24) is 10.2 Å². The molecule has 1 N–H and O–H groups in total. The average Bonchev–Trinajstić information content (AvgIpc) is 2.87. The Kier molecular flexibility index (Phi) is 6.34. The summed E-state index contributed by atoms with van der Waals surface area (Å²) in [5.41, 5.74) is 0.458. The summed E-state index contributed by atoms with van der Waals surface area (Å²) < 4.78 is 18.8. The van der Waals surface area contributed by atoms with E-state index in [0.29, 0.717) is 32.1 Å². The zero-order valence-electron chi connectivity index (χ0n) is 16.1. The molecule has 0 saturated carbocycles. The third-order valence-electron chi connectivity index (χ3n) is 5.77. The van der Waals surface area contributed by atoms with E-state index < -0.39 is 11.4 Å². The third kappa shape index (κ3) is 4.99. The second kappa shape index (κ2) is 8.72. The molecule has 0 bridgehead atoms. The first-order valence-electron chi connectivity index (χ1n) is 9.93. The van der Waals surface area contributed by atoms with E-state index in [4.69, 9.17) is 4.74 Å². The highest BCUT2D eigenvalue weighted by Crippen LogP contribution is 2.31.